The molecule has 0 amide bonds. The molecule has 0 bridgehead atoms. The van der Waals surface area contributed by atoms with Crippen LogP contribution in [0.4, 0.5) is 8.78 Å². The van der Waals surface area contributed by atoms with Gasteiger partial charge < -0.3 is 4.57 Å². The summed E-state index contributed by atoms with van der Waals surface area (Å²) in [5, 5.41) is 0. The van der Waals surface area contributed by atoms with Crippen molar-refractivity contribution in [3.05, 3.63) is 24.0 Å². The number of halogens is 2. The van der Waals surface area contributed by atoms with Crippen LogP contribution in [0.5, 0.6) is 0 Å². The van der Waals surface area contributed by atoms with Crippen molar-refractivity contribution in [1.82, 2.24) is 9.55 Å². The van der Waals surface area contributed by atoms with Gasteiger partial charge in [0.1, 0.15) is 0 Å². The molecule has 1 aromatic heterocycles. The van der Waals surface area contributed by atoms with Gasteiger partial charge in [0.15, 0.2) is 6.71 Å². The number of hydrogen-bond donors (Lipinski definition) is 0. The summed E-state index contributed by atoms with van der Waals surface area (Å²) in [7, 11) is 0. The Hall–Kier alpha value is -1.39. The lowest BCUT2D eigenvalue weighted by molar-refractivity contribution is 0.149. The third kappa shape index (κ3) is 5.65. The number of aromatic nitrogens is 2. The smallest absolute Gasteiger partial charge is 0.242 e. The Morgan fingerprint density at radius 1 is 1.10 bits per heavy atom. The molecule has 1 aromatic carbocycles. The molecule has 1 aliphatic carbocycles. The van der Waals surface area contributed by atoms with E-state index in [0.717, 1.165) is 48.0 Å². The molecular weight excluding hydrogens is 377 g/mol. The number of fused-ring (bicyclic) bond motifs is 1. The fourth-order valence-electron chi connectivity index (χ4n) is 4.93. The highest BCUT2D eigenvalue weighted by Gasteiger charge is 2.32. The molecule has 0 spiro atoms. The van der Waals surface area contributed by atoms with Gasteiger partial charge in [0.2, 0.25) is 6.43 Å². The lowest BCUT2D eigenvalue weighted by Gasteiger charge is -2.35. The average Bonchev–Trinajstić information content (AvgIpc) is 3.12. The van der Waals surface area contributed by atoms with Crippen molar-refractivity contribution >= 4 is 23.2 Å². The van der Waals surface area contributed by atoms with E-state index in [0.29, 0.717) is 18.2 Å². The Morgan fingerprint density at radius 3 is 2.23 bits per heavy atom. The van der Waals surface area contributed by atoms with Crippen molar-refractivity contribution in [2.45, 2.75) is 106 Å². The molecule has 0 atom stereocenters. The summed E-state index contributed by atoms with van der Waals surface area (Å²) in [6.45, 7) is 15.4. The average molecular weight is 418 g/mol. The monoisotopic (exact) mass is 418 g/mol. The highest BCUT2D eigenvalue weighted by Crippen LogP contribution is 2.40. The molecule has 1 saturated heterocycles. The fourth-order valence-corrected chi connectivity index (χ4v) is 4.93. The van der Waals surface area contributed by atoms with Gasteiger partial charge in [-0.05, 0) is 35.8 Å². The van der Waals surface area contributed by atoms with Crippen LogP contribution in [-0.4, -0.2) is 22.7 Å². The van der Waals surface area contributed by atoms with E-state index in [4.69, 9.17) is 0 Å². The number of benzene rings is 1. The summed E-state index contributed by atoms with van der Waals surface area (Å²) in [6.07, 6.45) is 6.34. The SMILES string of the molecule is CC.CC.CC1CC(n2cnc3cc(B4CCC(C)(C)CC4)cc(CC(F)F)c32)C1. The van der Waals surface area contributed by atoms with E-state index in [1.54, 1.807) is 0 Å². The first-order chi connectivity index (χ1) is 14.3. The zero-order chi connectivity index (χ0) is 22.5. The van der Waals surface area contributed by atoms with Crippen LogP contribution in [0.3, 0.4) is 0 Å². The van der Waals surface area contributed by atoms with Gasteiger partial charge >= 0.3 is 0 Å². The quantitative estimate of drug-likeness (QED) is 0.474. The second-order valence-electron chi connectivity index (χ2n) is 9.46. The van der Waals surface area contributed by atoms with E-state index in [-0.39, 0.29) is 6.42 Å². The van der Waals surface area contributed by atoms with E-state index < -0.39 is 6.43 Å². The van der Waals surface area contributed by atoms with Crippen molar-refractivity contribution in [1.29, 1.82) is 0 Å². The maximum Gasteiger partial charge on any atom is 0.242 e. The Bertz CT molecular complexity index is 784. The largest absolute Gasteiger partial charge is 0.327 e. The molecule has 2 nitrogen and oxygen atoms in total. The number of imidazole rings is 1. The summed E-state index contributed by atoms with van der Waals surface area (Å²) in [6, 6.07) is 4.66. The molecule has 2 aromatic rings. The van der Waals surface area contributed by atoms with Crippen molar-refractivity contribution < 1.29 is 8.78 Å². The van der Waals surface area contributed by atoms with E-state index in [2.05, 4.69) is 42.5 Å². The van der Waals surface area contributed by atoms with Gasteiger partial charge in [-0.3, -0.25) is 0 Å². The van der Waals surface area contributed by atoms with Crippen LogP contribution < -0.4 is 5.46 Å². The molecule has 168 valence electrons. The van der Waals surface area contributed by atoms with Crippen LogP contribution in [0.2, 0.25) is 12.6 Å². The lowest BCUT2D eigenvalue weighted by Crippen LogP contribution is -2.36. The molecule has 0 radical (unpaired) electrons. The Labute approximate surface area is 182 Å². The summed E-state index contributed by atoms with van der Waals surface area (Å²) < 4.78 is 28.8. The molecular formula is C25H41BF2N2. The minimum atomic E-state index is -2.32. The van der Waals surface area contributed by atoms with Crippen molar-refractivity contribution in [3.8, 4) is 0 Å². The van der Waals surface area contributed by atoms with E-state index in [1.165, 1.54) is 18.3 Å². The maximum absolute atomic E-state index is 13.3. The molecule has 0 N–H and O–H groups in total. The van der Waals surface area contributed by atoms with Crippen LogP contribution in [0.1, 0.15) is 85.8 Å². The van der Waals surface area contributed by atoms with E-state index >= 15 is 0 Å². The minimum absolute atomic E-state index is 0.170. The second kappa shape index (κ2) is 10.8. The molecule has 2 fully saturated rings. The standard InChI is InChI=1S/C21H29BF2N2.2C2H6/c1-14-8-17(9-14)26-13-25-18-12-16(10-15(20(18)26)11-19(23)24)22-6-4-21(2,3)5-7-22;2*1-2/h10,12-14,17,19H,4-9,11H2,1-3H3;2*1-2H3. The van der Waals surface area contributed by atoms with Crippen LogP contribution in [0, 0.1) is 11.3 Å². The van der Waals surface area contributed by atoms with Gasteiger partial charge in [0.25, 0.3) is 0 Å². The third-order valence-corrected chi connectivity index (χ3v) is 6.70. The summed E-state index contributed by atoms with van der Waals surface area (Å²) >= 11 is 0. The Morgan fingerprint density at radius 2 is 1.70 bits per heavy atom. The lowest BCUT2D eigenvalue weighted by atomic mass is 9.35. The predicted molar refractivity (Wildman–Crippen MR) is 128 cm³/mol. The summed E-state index contributed by atoms with van der Waals surface area (Å²) in [5.74, 6) is 0.723. The molecule has 5 heteroatoms. The molecule has 0 unspecified atom stereocenters. The van der Waals surface area contributed by atoms with Crippen molar-refractivity contribution in [3.63, 3.8) is 0 Å². The zero-order valence-electron chi connectivity index (χ0n) is 20.1. The van der Waals surface area contributed by atoms with Crippen LogP contribution in [0.15, 0.2) is 18.5 Å². The van der Waals surface area contributed by atoms with Crippen molar-refractivity contribution in [2.75, 3.05) is 0 Å². The number of hydrogen-bond acceptors (Lipinski definition) is 1. The van der Waals surface area contributed by atoms with Gasteiger partial charge in [0.05, 0.1) is 17.4 Å². The molecule has 2 heterocycles. The van der Waals surface area contributed by atoms with Gasteiger partial charge in [-0.15, -0.1) is 0 Å². The number of alkyl halides is 2. The third-order valence-electron chi connectivity index (χ3n) is 6.70. The number of nitrogens with zero attached hydrogens (tertiary/aromatic N) is 2. The van der Waals surface area contributed by atoms with Crippen LogP contribution in [0.25, 0.3) is 11.0 Å². The van der Waals surface area contributed by atoms with Crippen molar-refractivity contribution in [2.24, 2.45) is 11.3 Å². The molecule has 4 rings (SSSR count). The first-order valence-corrected chi connectivity index (χ1v) is 12.1. The first-order valence-electron chi connectivity index (χ1n) is 12.1. The highest BCUT2D eigenvalue weighted by atomic mass is 19.3. The number of rotatable bonds is 4. The Balaban J connectivity index is 0.000000757. The fraction of sp³-hybridized carbons (Fsp3) is 0.720. The highest BCUT2D eigenvalue weighted by molar-refractivity contribution is 6.73. The maximum atomic E-state index is 13.3. The van der Waals surface area contributed by atoms with Gasteiger partial charge in [-0.25, -0.2) is 13.8 Å². The van der Waals surface area contributed by atoms with Gasteiger partial charge in [0, 0.05) is 12.5 Å². The minimum Gasteiger partial charge on any atom is -0.327 e. The van der Waals surface area contributed by atoms with Crippen LogP contribution in [-0.2, 0) is 6.42 Å². The first kappa shape index (κ1) is 24.9. The topological polar surface area (TPSA) is 17.8 Å². The summed E-state index contributed by atoms with van der Waals surface area (Å²) in [4.78, 5) is 4.62. The second-order valence-corrected chi connectivity index (χ2v) is 9.46. The normalized spacial score (nSPS) is 22.7. The zero-order valence-corrected chi connectivity index (χ0v) is 20.1. The van der Waals surface area contributed by atoms with E-state index in [1.807, 2.05) is 34.0 Å². The molecule has 2 aliphatic rings. The Kier molecular flexibility index (Phi) is 8.93. The van der Waals surface area contributed by atoms with E-state index in [9.17, 15) is 8.78 Å². The summed E-state index contributed by atoms with van der Waals surface area (Å²) in [5.41, 5.74) is 4.27. The molecule has 1 aliphatic heterocycles. The molecule has 30 heavy (non-hydrogen) atoms. The molecule has 1 saturated carbocycles. The van der Waals surface area contributed by atoms with Crippen LogP contribution >= 0.6 is 0 Å². The van der Waals surface area contributed by atoms with Gasteiger partial charge in [-0.1, -0.05) is 85.5 Å². The predicted octanol–water partition coefficient (Wildman–Crippen LogP) is 7.39. The van der Waals surface area contributed by atoms with Gasteiger partial charge in [-0.2, -0.15) is 0 Å².